The molecule has 0 aliphatic heterocycles. The predicted molar refractivity (Wildman–Crippen MR) is 59.8 cm³/mol. The summed E-state index contributed by atoms with van der Waals surface area (Å²) in [7, 11) is 0. The Bertz CT molecular complexity index is 406. The van der Waals surface area contributed by atoms with E-state index in [0.29, 0.717) is 11.1 Å². The van der Waals surface area contributed by atoms with E-state index in [2.05, 4.69) is 15.0 Å². The quantitative estimate of drug-likeness (QED) is 0.383. The van der Waals surface area contributed by atoms with E-state index in [1.165, 1.54) is 12.4 Å². The number of azide groups is 1. The van der Waals surface area contributed by atoms with E-state index in [-0.39, 0.29) is 19.6 Å². The third kappa shape index (κ3) is 4.01. The van der Waals surface area contributed by atoms with Crippen molar-refractivity contribution in [3.63, 3.8) is 0 Å². The molecule has 0 radical (unpaired) electrons. The number of nitrogens with zero attached hydrogens (tertiary/aromatic N) is 4. The molecule has 0 aliphatic rings. The van der Waals surface area contributed by atoms with Gasteiger partial charge in [0.25, 0.3) is 0 Å². The Labute approximate surface area is 98.0 Å². The van der Waals surface area contributed by atoms with Crippen molar-refractivity contribution in [2.45, 2.75) is 25.2 Å². The van der Waals surface area contributed by atoms with Gasteiger partial charge in [0, 0.05) is 29.4 Å². The van der Waals surface area contributed by atoms with Gasteiger partial charge in [-0.25, -0.2) is 0 Å². The van der Waals surface area contributed by atoms with Gasteiger partial charge < -0.3 is 15.3 Å². The largest absolute Gasteiger partial charge is 0.392 e. The molecule has 1 heterocycles. The third-order valence-electron chi connectivity index (χ3n) is 2.29. The summed E-state index contributed by atoms with van der Waals surface area (Å²) >= 11 is 0. The predicted octanol–water partition coefficient (Wildman–Crippen LogP) is 0.669. The number of rotatable bonds is 6. The van der Waals surface area contributed by atoms with Gasteiger partial charge in [0.15, 0.2) is 0 Å². The van der Waals surface area contributed by atoms with Crippen LogP contribution in [0.25, 0.3) is 10.4 Å². The highest BCUT2D eigenvalue weighted by Gasteiger charge is 2.18. The number of aliphatic hydroxyl groups excluding tert-OH is 3. The van der Waals surface area contributed by atoms with Gasteiger partial charge in [-0.3, -0.25) is 4.98 Å². The lowest BCUT2D eigenvalue weighted by molar-refractivity contribution is 0.0147. The van der Waals surface area contributed by atoms with Crippen LogP contribution in [0.3, 0.4) is 0 Å². The lowest BCUT2D eigenvalue weighted by atomic mass is 10.0. The van der Waals surface area contributed by atoms with Crippen molar-refractivity contribution in [3.8, 4) is 0 Å². The molecule has 1 rings (SSSR count). The Morgan fingerprint density at radius 3 is 2.82 bits per heavy atom. The molecule has 17 heavy (non-hydrogen) atoms. The Hall–Kier alpha value is -1.66. The van der Waals surface area contributed by atoms with Gasteiger partial charge in [-0.2, -0.15) is 0 Å². The summed E-state index contributed by atoms with van der Waals surface area (Å²) in [5.74, 6) is 0. The van der Waals surface area contributed by atoms with Crippen LogP contribution in [0.15, 0.2) is 23.6 Å². The Kier molecular flexibility index (Phi) is 5.38. The fourth-order valence-corrected chi connectivity index (χ4v) is 1.37. The SMILES string of the molecule is [N-]=[N+]=NCCC(O)C(O)c1cncc(CO)c1. The molecule has 0 spiro atoms. The van der Waals surface area contributed by atoms with Crippen LogP contribution in [0, 0.1) is 0 Å². The average Bonchev–Trinajstić information content (AvgIpc) is 2.38. The van der Waals surface area contributed by atoms with Gasteiger partial charge in [0.1, 0.15) is 6.10 Å². The lowest BCUT2D eigenvalue weighted by Crippen LogP contribution is -2.19. The fraction of sp³-hybridized carbons (Fsp3) is 0.500. The molecular formula is C10H14N4O3. The van der Waals surface area contributed by atoms with Crippen molar-refractivity contribution in [3.05, 3.63) is 40.0 Å². The zero-order valence-corrected chi connectivity index (χ0v) is 9.14. The summed E-state index contributed by atoms with van der Waals surface area (Å²) in [4.78, 5) is 6.40. The van der Waals surface area contributed by atoms with Gasteiger partial charge >= 0.3 is 0 Å². The molecule has 0 saturated heterocycles. The highest BCUT2D eigenvalue weighted by Crippen LogP contribution is 2.19. The summed E-state index contributed by atoms with van der Waals surface area (Å²) in [6.45, 7) is -0.0653. The van der Waals surface area contributed by atoms with E-state index >= 15 is 0 Å². The molecule has 0 saturated carbocycles. The number of aliphatic hydroxyl groups is 3. The van der Waals surface area contributed by atoms with Gasteiger partial charge in [0.05, 0.1) is 12.7 Å². The van der Waals surface area contributed by atoms with Crippen molar-refractivity contribution in [2.24, 2.45) is 5.11 Å². The van der Waals surface area contributed by atoms with Crippen LogP contribution in [0.1, 0.15) is 23.7 Å². The molecule has 1 aromatic heterocycles. The van der Waals surface area contributed by atoms with Crippen LogP contribution in [-0.2, 0) is 6.61 Å². The summed E-state index contributed by atoms with van der Waals surface area (Å²) in [5, 5.41) is 31.6. The first-order chi connectivity index (χ1) is 8.19. The first kappa shape index (κ1) is 13.4. The second-order valence-electron chi connectivity index (χ2n) is 3.54. The number of hydrogen-bond donors (Lipinski definition) is 3. The van der Waals surface area contributed by atoms with E-state index in [4.69, 9.17) is 10.6 Å². The molecule has 1 aromatic rings. The zero-order chi connectivity index (χ0) is 12.7. The van der Waals surface area contributed by atoms with E-state index in [9.17, 15) is 10.2 Å². The molecule has 92 valence electrons. The van der Waals surface area contributed by atoms with Crippen molar-refractivity contribution in [2.75, 3.05) is 6.54 Å². The summed E-state index contributed by atoms with van der Waals surface area (Å²) in [6, 6.07) is 1.56. The number of pyridine rings is 1. The normalized spacial score (nSPS) is 13.8. The zero-order valence-electron chi connectivity index (χ0n) is 9.14. The van der Waals surface area contributed by atoms with Gasteiger partial charge in [0.2, 0.25) is 0 Å². The molecule has 2 unspecified atom stereocenters. The molecule has 0 fully saturated rings. The van der Waals surface area contributed by atoms with E-state index in [1.807, 2.05) is 0 Å². The van der Waals surface area contributed by atoms with Crippen molar-refractivity contribution < 1.29 is 15.3 Å². The Morgan fingerprint density at radius 2 is 2.18 bits per heavy atom. The maximum atomic E-state index is 9.80. The van der Waals surface area contributed by atoms with Crippen LogP contribution < -0.4 is 0 Å². The summed E-state index contributed by atoms with van der Waals surface area (Å²) in [5.41, 5.74) is 9.06. The van der Waals surface area contributed by atoms with Crippen LogP contribution in [-0.4, -0.2) is 33.0 Å². The molecule has 7 heteroatoms. The minimum Gasteiger partial charge on any atom is -0.392 e. The molecule has 3 N–H and O–H groups in total. The molecule has 2 atom stereocenters. The monoisotopic (exact) mass is 238 g/mol. The van der Waals surface area contributed by atoms with Gasteiger partial charge in [-0.05, 0) is 23.6 Å². The van der Waals surface area contributed by atoms with Gasteiger partial charge in [-0.1, -0.05) is 5.11 Å². The maximum Gasteiger partial charge on any atom is 0.106 e. The van der Waals surface area contributed by atoms with Crippen LogP contribution in [0.5, 0.6) is 0 Å². The minimum absolute atomic E-state index is 0.113. The number of aromatic nitrogens is 1. The van der Waals surface area contributed by atoms with Crippen molar-refractivity contribution >= 4 is 0 Å². The summed E-state index contributed by atoms with van der Waals surface area (Å²) in [6.07, 6.45) is 0.914. The van der Waals surface area contributed by atoms with E-state index in [0.717, 1.165) is 0 Å². The highest BCUT2D eigenvalue weighted by atomic mass is 16.3. The Morgan fingerprint density at radius 1 is 1.41 bits per heavy atom. The van der Waals surface area contributed by atoms with Crippen molar-refractivity contribution in [1.82, 2.24) is 4.98 Å². The number of hydrogen-bond acceptors (Lipinski definition) is 5. The van der Waals surface area contributed by atoms with E-state index < -0.39 is 12.2 Å². The molecule has 0 aliphatic carbocycles. The first-order valence-corrected chi connectivity index (χ1v) is 5.10. The van der Waals surface area contributed by atoms with Crippen molar-refractivity contribution in [1.29, 1.82) is 0 Å². The molecule has 0 bridgehead atoms. The second-order valence-corrected chi connectivity index (χ2v) is 3.54. The highest BCUT2D eigenvalue weighted by molar-refractivity contribution is 5.20. The fourth-order valence-electron chi connectivity index (χ4n) is 1.37. The lowest BCUT2D eigenvalue weighted by Gasteiger charge is -2.17. The smallest absolute Gasteiger partial charge is 0.106 e. The topological polar surface area (TPSA) is 122 Å². The molecule has 0 aromatic carbocycles. The maximum absolute atomic E-state index is 9.80. The standard InChI is InChI=1S/C10H14N4O3/c11-14-13-2-1-9(16)10(17)8-3-7(6-15)4-12-5-8/h3-5,9-10,15-17H,1-2,6H2. The van der Waals surface area contributed by atoms with Crippen LogP contribution in [0.4, 0.5) is 0 Å². The molecule has 0 amide bonds. The second kappa shape index (κ2) is 6.82. The van der Waals surface area contributed by atoms with E-state index in [1.54, 1.807) is 6.07 Å². The summed E-state index contributed by atoms with van der Waals surface area (Å²) < 4.78 is 0. The first-order valence-electron chi connectivity index (χ1n) is 5.10. The van der Waals surface area contributed by atoms with Gasteiger partial charge in [-0.15, -0.1) is 0 Å². The third-order valence-corrected chi connectivity index (χ3v) is 2.29. The molecular weight excluding hydrogens is 224 g/mol. The van der Waals surface area contributed by atoms with Crippen LogP contribution >= 0.6 is 0 Å². The minimum atomic E-state index is -1.11. The van der Waals surface area contributed by atoms with Crippen LogP contribution in [0.2, 0.25) is 0 Å². The molecule has 7 nitrogen and oxygen atoms in total. The Balaban J connectivity index is 2.66. The average molecular weight is 238 g/mol.